The van der Waals surface area contributed by atoms with Crippen LogP contribution in [0.15, 0.2) is 0 Å². The Morgan fingerprint density at radius 3 is 2.16 bits per heavy atom. The summed E-state index contributed by atoms with van der Waals surface area (Å²) in [4.78, 5) is 2.52. The molecule has 0 aliphatic rings. The third-order valence-corrected chi connectivity index (χ3v) is 3.98. The maximum absolute atomic E-state index is 9.71. The molecular weight excluding hydrogens is 236 g/mol. The molecular formula is C16H36N2O. The minimum Gasteiger partial charge on any atom is -0.394 e. The SMILES string of the molecule is CCCCN(CC)CCCC(CC)(CO)NC(C)C. The monoisotopic (exact) mass is 272 g/mol. The largest absolute Gasteiger partial charge is 0.394 e. The Morgan fingerprint density at radius 1 is 1.11 bits per heavy atom. The van der Waals surface area contributed by atoms with Crippen molar-refractivity contribution in [2.75, 3.05) is 26.2 Å². The molecule has 0 bridgehead atoms. The van der Waals surface area contributed by atoms with Gasteiger partial charge >= 0.3 is 0 Å². The first-order valence-corrected chi connectivity index (χ1v) is 8.14. The molecule has 0 saturated carbocycles. The Kier molecular flexibility index (Phi) is 10.6. The minimum atomic E-state index is -0.0850. The lowest BCUT2D eigenvalue weighted by atomic mass is 9.90. The highest BCUT2D eigenvalue weighted by Crippen LogP contribution is 2.18. The second kappa shape index (κ2) is 10.6. The van der Waals surface area contributed by atoms with Gasteiger partial charge in [0.05, 0.1) is 6.61 Å². The molecule has 3 nitrogen and oxygen atoms in total. The molecule has 0 aromatic rings. The quantitative estimate of drug-likeness (QED) is 0.573. The normalized spacial score (nSPS) is 15.2. The highest BCUT2D eigenvalue weighted by molar-refractivity contribution is 4.87. The Morgan fingerprint density at radius 2 is 1.74 bits per heavy atom. The van der Waals surface area contributed by atoms with E-state index in [1.54, 1.807) is 0 Å². The molecule has 3 heteroatoms. The molecule has 0 aromatic heterocycles. The summed E-state index contributed by atoms with van der Waals surface area (Å²) in [6, 6.07) is 0.425. The van der Waals surface area contributed by atoms with Gasteiger partial charge in [0.2, 0.25) is 0 Å². The summed E-state index contributed by atoms with van der Waals surface area (Å²) in [5, 5.41) is 13.3. The standard InChI is InChI=1S/C16H36N2O/c1-6-9-12-18(8-3)13-10-11-16(7-2,14-19)17-15(4)5/h15,17,19H,6-14H2,1-5H3. The molecule has 2 N–H and O–H groups in total. The van der Waals surface area contributed by atoms with E-state index in [-0.39, 0.29) is 12.1 Å². The predicted octanol–water partition coefficient (Wildman–Crippen LogP) is 3.03. The van der Waals surface area contributed by atoms with Crippen molar-refractivity contribution in [1.29, 1.82) is 0 Å². The predicted molar refractivity (Wildman–Crippen MR) is 84.6 cm³/mol. The van der Waals surface area contributed by atoms with E-state index in [9.17, 15) is 5.11 Å². The van der Waals surface area contributed by atoms with E-state index in [0.29, 0.717) is 6.04 Å². The van der Waals surface area contributed by atoms with Crippen LogP contribution in [0.2, 0.25) is 0 Å². The molecule has 0 radical (unpaired) electrons. The highest BCUT2D eigenvalue weighted by atomic mass is 16.3. The summed E-state index contributed by atoms with van der Waals surface area (Å²) in [5.41, 5.74) is -0.0850. The zero-order valence-corrected chi connectivity index (χ0v) is 13.8. The van der Waals surface area contributed by atoms with Crippen LogP contribution in [0.5, 0.6) is 0 Å². The zero-order valence-electron chi connectivity index (χ0n) is 13.8. The fourth-order valence-electron chi connectivity index (χ4n) is 2.65. The van der Waals surface area contributed by atoms with E-state index in [1.807, 2.05) is 0 Å². The fourth-order valence-corrected chi connectivity index (χ4v) is 2.65. The van der Waals surface area contributed by atoms with Crippen LogP contribution in [-0.4, -0.2) is 47.8 Å². The first-order valence-electron chi connectivity index (χ1n) is 8.14. The third-order valence-electron chi connectivity index (χ3n) is 3.98. The summed E-state index contributed by atoms with van der Waals surface area (Å²) < 4.78 is 0. The van der Waals surface area contributed by atoms with Gasteiger partial charge in [-0.3, -0.25) is 0 Å². The molecule has 19 heavy (non-hydrogen) atoms. The second-order valence-corrected chi connectivity index (χ2v) is 5.98. The van der Waals surface area contributed by atoms with Gasteiger partial charge in [0.1, 0.15) is 0 Å². The van der Waals surface area contributed by atoms with Gasteiger partial charge in [0, 0.05) is 11.6 Å². The third kappa shape index (κ3) is 7.91. The van der Waals surface area contributed by atoms with Gasteiger partial charge in [0.15, 0.2) is 0 Å². The van der Waals surface area contributed by atoms with Gasteiger partial charge in [-0.1, -0.05) is 41.0 Å². The van der Waals surface area contributed by atoms with Crippen LogP contribution in [0, 0.1) is 0 Å². The van der Waals surface area contributed by atoms with Crippen molar-refractivity contribution in [3.63, 3.8) is 0 Å². The van der Waals surface area contributed by atoms with Gasteiger partial charge in [0.25, 0.3) is 0 Å². The number of nitrogens with zero attached hydrogens (tertiary/aromatic N) is 1. The summed E-state index contributed by atoms with van der Waals surface area (Å²) in [5.74, 6) is 0. The van der Waals surface area contributed by atoms with Crippen molar-refractivity contribution < 1.29 is 5.11 Å². The molecule has 116 valence electrons. The van der Waals surface area contributed by atoms with E-state index in [4.69, 9.17) is 0 Å². The van der Waals surface area contributed by atoms with Crippen LogP contribution in [0.3, 0.4) is 0 Å². The van der Waals surface area contributed by atoms with Crippen LogP contribution < -0.4 is 5.32 Å². The van der Waals surface area contributed by atoms with E-state index in [0.717, 1.165) is 32.4 Å². The summed E-state index contributed by atoms with van der Waals surface area (Å²) in [7, 11) is 0. The van der Waals surface area contributed by atoms with Crippen LogP contribution in [0.4, 0.5) is 0 Å². The summed E-state index contributed by atoms with van der Waals surface area (Å²) in [6.07, 6.45) is 5.76. The van der Waals surface area contributed by atoms with Gasteiger partial charge < -0.3 is 15.3 Å². The van der Waals surface area contributed by atoms with Gasteiger partial charge in [-0.05, 0) is 45.3 Å². The molecule has 0 rings (SSSR count). The molecule has 1 atom stereocenters. The number of aliphatic hydroxyl groups is 1. The topological polar surface area (TPSA) is 35.5 Å². The van der Waals surface area contributed by atoms with Crippen molar-refractivity contribution in [2.45, 2.75) is 78.3 Å². The first kappa shape index (κ1) is 18.9. The van der Waals surface area contributed by atoms with Gasteiger partial charge in [-0.25, -0.2) is 0 Å². The molecule has 0 aliphatic carbocycles. The lowest BCUT2D eigenvalue weighted by Gasteiger charge is -2.35. The van der Waals surface area contributed by atoms with E-state index in [1.165, 1.54) is 19.4 Å². The minimum absolute atomic E-state index is 0.0850. The van der Waals surface area contributed by atoms with Crippen LogP contribution in [0.1, 0.15) is 66.7 Å². The maximum Gasteiger partial charge on any atom is 0.0613 e. The summed E-state index contributed by atoms with van der Waals surface area (Å²) in [6.45, 7) is 14.7. The Balaban J connectivity index is 4.16. The average molecular weight is 272 g/mol. The van der Waals surface area contributed by atoms with Crippen LogP contribution >= 0.6 is 0 Å². The first-order chi connectivity index (χ1) is 9.03. The van der Waals surface area contributed by atoms with Crippen molar-refractivity contribution in [3.05, 3.63) is 0 Å². The maximum atomic E-state index is 9.71. The number of aliphatic hydroxyl groups excluding tert-OH is 1. The lowest BCUT2D eigenvalue weighted by molar-refractivity contribution is 0.130. The Hall–Kier alpha value is -0.120. The molecule has 0 fully saturated rings. The number of unbranched alkanes of at least 4 members (excludes halogenated alkanes) is 1. The number of hydrogen-bond donors (Lipinski definition) is 2. The molecule has 0 amide bonds. The van der Waals surface area contributed by atoms with Crippen LogP contribution in [0.25, 0.3) is 0 Å². The molecule has 1 unspecified atom stereocenters. The molecule has 0 saturated heterocycles. The fraction of sp³-hybridized carbons (Fsp3) is 1.00. The number of rotatable bonds is 12. The van der Waals surface area contributed by atoms with Crippen LogP contribution in [-0.2, 0) is 0 Å². The van der Waals surface area contributed by atoms with E-state index < -0.39 is 0 Å². The van der Waals surface area contributed by atoms with E-state index in [2.05, 4.69) is 44.8 Å². The number of nitrogens with one attached hydrogen (secondary N) is 1. The molecule has 0 spiro atoms. The smallest absolute Gasteiger partial charge is 0.0613 e. The van der Waals surface area contributed by atoms with Crippen molar-refractivity contribution in [2.24, 2.45) is 0 Å². The Labute approximate surface area is 120 Å². The molecule has 0 aromatic carbocycles. The highest BCUT2D eigenvalue weighted by Gasteiger charge is 2.27. The lowest BCUT2D eigenvalue weighted by Crippen LogP contribution is -2.51. The zero-order chi connectivity index (χ0) is 14.7. The average Bonchev–Trinajstić information content (AvgIpc) is 2.40. The van der Waals surface area contributed by atoms with Crippen molar-refractivity contribution in [3.8, 4) is 0 Å². The molecule has 0 aliphatic heterocycles. The number of hydrogen-bond acceptors (Lipinski definition) is 3. The van der Waals surface area contributed by atoms with Crippen molar-refractivity contribution in [1.82, 2.24) is 10.2 Å². The Bertz CT molecular complexity index is 203. The van der Waals surface area contributed by atoms with Gasteiger partial charge in [-0.2, -0.15) is 0 Å². The summed E-state index contributed by atoms with van der Waals surface area (Å²) >= 11 is 0. The second-order valence-electron chi connectivity index (χ2n) is 5.98. The van der Waals surface area contributed by atoms with Gasteiger partial charge in [-0.15, -0.1) is 0 Å². The molecule has 0 heterocycles. The van der Waals surface area contributed by atoms with Crippen molar-refractivity contribution >= 4 is 0 Å². The van der Waals surface area contributed by atoms with E-state index >= 15 is 0 Å².